The van der Waals surface area contributed by atoms with Gasteiger partial charge in [-0.15, -0.1) is 0 Å². The minimum absolute atomic E-state index is 0.176. The van der Waals surface area contributed by atoms with Crippen LogP contribution in [0.2, 0.25) is 10.0 Å². The van der Waals surface area contributed by atoms with Crippen LogP contribution in [0.15, 0.2) is 29.2 Å². The molecule has 0 saturated heterocycles. The molecule has 0 radical (unpaired) electrons. The number of aromatic nitrogens is 2. The Hall–Kier alpha value is -2.25. The quantitative estimate of drug-likeness (QED) is 0.842. The highest BCUT2D eigenvalue weighted by molar-refractivity contribution is 6.35. The Balaban J connectivity index is 2.48. The summed E-state index contributed by atoms with van der Waals surface area (Å²) < 4.78 is 1.88. The van der Waals surface area contributed by atoms with Gasteiger partial charge in [0.25, 0.3) is 0 Å². The van der Waals surface area contributed by atoms with Crippen molar-refractivity contribution in [3.05, 3.63) is 56.2 Å². The topological polar surface area (TPSA) is 93.3 Å². The Morgan fingerprint density at radius 1 is 1.29 bits per heavy atom. The molecule has 0 aliphatic heterocycles. The second-order valence-electron chi connectivity index (χ2n) is 5.01. The van der Waals surface area contributed by atoms with Crippen LogP contribution in [-0.4, -0.2) is 32.8 Å². The van der Waals surface area contributed by atoms with Gasteiger partial charge in [0.15, 0.2) is 0 Å². The maximum Gasteiger partial charge on any atom is 0.337 e. The third-order valence-corrected chi connectivity index (χ3v) is 3.84. The lowest BCUT2D eigenvalue weighted by atomic mass is 10.1. The van der Waals surface area contributed by atoms with E-state index in [1.165, 1.54) is 6.20 Å². The third-order valence-electron chi connectivity index (χ3n) is 3.25. The van der Waals surface area contributed by atoms with Gasteiger partial charge >= 0.3 is 17.7 Å². The molecule has 9 heteroatoms. The summed E-state index contributed by atoms with van der Waals surface area (Å²) in [5.41, 5.74) is 0.270. The van der Waals surface area contributed by atoms with Crippen LogP contribution in [0.4, 0.5) is 4.79 Å². The summed E-state index contributed by atoms with van der Waals surface area (Å²) in [4.78, 5) is 35.4. The number of hydrogen-bond donors (Lipinski definition) is 2. The minimum Gasteiger partial charge on any atom is -0.480 e. The van der Waals surface area contributed by atoms with Crippen LogP contribution < -0.4 is 11.0 Å². The number of benzene rings is 1. The lowest BCUT2D eigenvalue weighted by Crippen LogP contribution is -2.38. The summed E-state index contributed by atoms with van der Waals surface area (Å²) in [5.74, 6) is -1.18. The number of nitrogens with one attached hydrogen (secondary N) is 1. The largest absolute Gasteiger partial charge is 0.480 e. The average Bonchev–Trinajstić information content (AvgIpc) is 2.77. The lowest BCUT2D eigenvalue weighted by molar-refractivity contribution is -0.137. The van der Waals surface area contributed by atoms with Gasteiger partial charge in [0.2, 0.25) is 0 Å². The number of rotatable bonds is 5. The highest BCUT2D eigenvalue weighted by Gasteiger charge is 2.19. The number of imidazole rings is 1. The van der Waals surface area contributed by atoms with E-state index in [0.29, 0.717) is 27.8 Å². The van der Waals surface area contributed by atoms with Crippen LogP contribution in [-0.2, 0) is 17.8 Å². The Morgan fingerprint density at radius 2 is 2.00 bits per heavy atom. The molecule has 7 nitrogen and oxygen atoms in total. The van der Waals surface area contributed by atoms with Crippen molar-refractivity contribution in [3.63, 3.8) is 0 Å². The molecule has 2 rings (SSSR count). The summed E-state index contributed by atoms with van der Waals surface area (Å²) in [7, 11) is 0. The molecule has 1 aromatic heterocycles. The Bertz CT molecular complexity index is 842. The fourth-order valence-corrected chi connectivity index (χ4v) is 2.71. The van der Waals surface area contributed by atoms with Gasteiger partial charge < -0.3 is 10.4 Å². The van der Waals surface area contributed by atoms with Crippen LogP contribution in [0, 0.1) is 0 Å². The number of carboxylic acids is 1. The molecule has 24 heavy (non-hydrogen) atoms. The number of carboxylic acid groups (broad SMARTS) is 1. The number of halogens is 2. The molecule has 0 saturated carbocycles. The van der Waals surface area contributed by atoms with Crippen molar-refractivity contribution in [1.29, 1.82) is 0 Å². The van der Waals surface area contributed by atoms with E-state index < -0.39 is 24.2 Å². The van der Waals surface area contributed by atoms with Gasteiger partial charge in [-0.25, -0.2) is 14.2 Å². The molecule has 2 aromatic rings. The van der Waals surface area contributed by atoms with E-state index in [9.17, 15) is 14.4 Å². The van der Waals surface area contributed by atoms with E-state index in [-0.39, 0.29) is 6.42 Å². The molecule has 1 heterocycles. The normalized spacial score (nSPS) is 10.6. The monoisotopic (exact) mass is 371 g/mol. The fourth-order valence-electron chi connectivity index (χ4n) is 2.24. The van der Waals surface area contributed by atoms with Gasteiger partial charge in [-0.1, -0.05) is 29.3 Å². The zero-order valence-electron chi connectivity index (χ0n) is 12.8. The van der Waals surface area contributed by atoms with E-state index >= 15 is 0 Å². The number of carbonyl (C=O) groups excluding carboxylic acids is 1. The number of aliphatic carboxylic acids is 1. The zero-order valence-corrected chi connectivity index (χ0v) is 14.3. The van der Waals surface area contributed by atoms with Gasteiger partial charge in [-0.05, 0) is 24.6 Å². The van der Waals surface area contributed by atoms with Crippen LogP contribution in [0.3, 0.4) is 0 Å². The first-order chi connectivity index (χ1) is 11.3. The molecule has 0 atom stereocenters. The van der Waals surface area contributed by atoms with Gasteiger partial charge in [0, 0.05) is 29.2 Å². The second kappa shape index (κ2) is 7.55. The first-order valence-electron chi connectivity index (χ1n) is 7.08. The van der Waals surface area contributed by atoms with Crippen molar-refractivity contribution < 1.29 is 14.7 Å². The lowest BCUT2D eigenvalue weighted by Gasteiger charge is -2.08. The van der Waals surface area contributed by atoms with Crippen LogP contribution in [0.5, 0.6) is 0 Å². The standard InChI is InChI=1S/C15H15Cl2N3O4/c1-2-18-14(23)20-11(7-19(15(20)24)8-13(21)22)5-9-3-4-10(16)6-12(9)17/h3-4,6-7H,2,5,8H2,1H3,(H,18,23)(H,21,22). The van der Waals surface area contributed by atoms with Gasteiger partial charge in [0.1, 0.15) is 6.54 Å². The van der Waals surface area contributed by atoms with E-state index in [1.54, 1.807) is 25.1 Å². The third kappa shape index (κ3) is 3.98. The van der Waals surface area contributed by atoms with Crippen molar-refractivity contribution in [3.8, 4) is 0 Å². The molecular formula is C15H15Cl2N3O4. The second-order valence-corrected chi connectivity index (χ2v) is 5.85. The van der Waals surface area contributed by atoms with Gasteiger partial charge in [-0.2, -0.15) is 0 Å². The molecule has 0 aliphatic rings. The Labute approximate surface area is 147 Å². The summed E-state index contributed by atoms with van der Waals surface area (Å²) in [6.07, 6.45) is 1.52. The maximum absolute atomic E-state index is 12.3. The van der Waals surface area contributed by atoms with E-state index in [1.807, 2.05) is 0 Å². The zero-order chi connectivity index (χ0) is 17.9. The Kier molecular flexibility index (Phi) is 5.69. The van der Waals surface area contributed by atoms with Crippen molar-refractivity contribution in [1.82, 2.24) is 14.5 Å². The van der Waals surface area contributed by atoms with Crippen molar-refractivity contribution in [2.45, 2.75) is 19.9 Å². The Morgan fingerprint density at radius 3 is 2.58 bits per heavy atom. The first-order valence-corrected chi connectivity index (χ1v) is 7.84. The molecule has 1 amide bonds. The van der Waals surface area contributed by atoms with E-state index in [0.717, 1.165) is 9.13 Å². The first kappa shape index (κ1) is 18.1. The predicted molar refractivity (Wildman–Crippen MR) is 90.1 cm³/mol. The number of amides is 1. The predicted octanol–water partition coefficient (Wildman–Crippen LogP) is 2.21. The van der Waals surface area contributed by atoms with Gasteiger partial charge in [-0.3, -0.25) is 9.36 Å². The molecule has 1 aromatic carbocycles. The van der Waals surface area contributed by atoms with E-state index in [4.69, 9.17) is 28.3 Å². The minimum atomic E-state index is -1.18. The fraction of sp³-hybridized carbons (Fsp3) is 0.267. The maximum atomic E-state index is 12.3. The van der Waals surface area contributed by atoms with E-state index in [2.05, 4.69) is 5.32 Å². The number of carbonyl (C=O) groups is 2. The molecule has 2 N–H and O–H groups in total. The summed E-state index contributed by atoms with van der Waals surface area (Å²) in [6, 6.07) is 4.27. The highest BCUT2D eigenvalue weighted by Crippen LogP contribution is 2.23. The molecule has 0 spiro atoms. The summed E-state index contributed by atoms with van der Waals surface area (Å²) in [5, 5.41) is 12.3. The van der Waals surface area contributed by atoms with Crippen LogP contribution in [0.1, 0.15) is 18.2 Å². The molecule has 0 unspecified atom stereocenters. The molecule has 128 valence electrons. The van der Waals surface area contributed by atoms with Crippen LogP contribution in [0.25, 0.3) is 0 Å². The molecular weight excluding hydrogens is 357 g/mol. The van der Waals surface area contributed by atoms with Crippen LogP contribution >= 0.6 is 23.2 Å². The smallest absolute Gasteiger partial charge is 0.337 e. The molecule has 0 bridgehead atoms. The number of nitrogens with zero attached hydrogens (tertiary/aromatic N) is 2. The van der Waals surface area contributed by atoms with Crippen molar-refractivity contribution in [2.75, 3.05) is 6.54 Å². The molecule has 0 fully saturated rings. The average molecular weight is 372 g/mol. The summed E-state index contributed by atoms with van der Waals surface area (Å²) >= 11 is 12.0. The number of hydrogen-bond acceptors (Lipinski definition) is 3. The van der Waals surface area contributed by atoms with Crippen molar-refractivity contribution >= 4 is 35.2 Å². The van der Waals surface area contributed by atoms with Gasteiger partial charge in [0.05, 0.1) is 5.69 Å². The van der Waals surface area contributed by atoms with Crippen molar-refractivity contribution in [2.24, 2.45) is 0 Å². The molecule has 0 aliphatic carbocycles. The summed E-state index contributed by atoms with van der Waals surface area (Å²) in [6.45, 7) is 1.51. The SMILES string of the molecule is CCNC(=O)n1c(Cc2ccc(Cl)cc2Cl)cn(CC(=O)O)c1=O. The highest BCUT2D eigenvalue weighted by atomic mass is 35.5.